The van der Waals surface area contributed by atoms with Gasteiger partial charge in [0, 0.05) is 23.9 Å². The van der Waals surface area contributed by atoms with E-state index in [-0.39, 0.29) is 16.9 Å². The Morgan fingerprint density at radius 1 is 1.00 bits per heavy atom. The minimum atomic E-state index is -1.26. The molecule has 0 aliphatic carbocycles. The van der Waals surface area contributed by atoms with Gasteiger partial charge in [0.2, 0.25) is 0 Å². The van der Waals surface area contributed by atoms with Crippen LogP contribution in [0.2, 0.25) is 0 Å². The molecule has 146 valence electrons. The number of nitrogens with zero attached hydrogens (tertiary/aromatic N) is 1. The summed E-state index contributed by atoms with van der Waals surface area (Å²) in [5.41, 5.74) is -0.526. The molecule has 28 heavy (non-hydrogen) atoms. The Balaban J connectivity index is 1.79. The Hall–Kier alpha value is -3.56. The number of ether oxygens (including phenoxy) is 1. The number of hydrogen-bond donors (Lipinski definition) is 2. The molecule has 2 N–H and O–H groups in total. The number of benzene rings is 2. The highest BCUT2D eigenvalue weighted by Crippen LogP contribution is 2.27. The van der Waals surface area contributed by atoms with E-state index in [1.165, 1.54) is 0 Å². The van der Waals surface area contributed by atoms with Crippen molar-refractivity contribution >= 4 is 17.5 Å². The van der Waals surface area contributed by atoms with Crippen LogP contribution < -0.4 is 10.1 Å². The third kappa shape index (κ3) is 3.48. The van der Waals surface area contributed by atoms with Crippen LogP contribution >= 0.6 is 0 Å². The van der Waals surface area contributed by atoms with Crippen molar-refractivity contribution in [3.05, 3.63) is 64.9 Å². The van der Waals surface area contributed by atoms with E-state index in [1.807, 2.05) is 0 Å². The number of amides is 2. The fourth-order valence-electron chi connectivity index (χ4n) is 2.62. The molecule has 0 saturated carbocycles. The highest BCUT2D eigenvalue weighted by Gasteiger charge is 2.32. The van der Waals surface area contributed by atoms with Gasteiger partial charge in [-0.2, -0.15) is 0 Å². The number of phenolic OH excluding ortho intramolecular Hbond substituents is 1. The van der Waals surface area contributed by atoms with Crippen molar-refractivity contribution in [3.63, 3.8) is 0 Å². The minimum Gasteiger partial charge on any atom is -0.503 e. The average Bonchev–Trinajstić information content (AvgIpc) is 2.87. The minimum absolute atomic E-state index is 0.00567. The lowest BCUT2D eigenvalue weighted by Crippen LogP contribution is -2.31. The van der Waals surface area contributed by atoms with Gasteiger partial charge in [-0.3, -0.25) is 14.5 Å². The molecule has 1 aliphatic rings. The topological polar surface area (TPSA) is 78.9 Å². The molecule has 0 fully saturated rings. The summed E-state index contributed by atoms with van der Waals surface area (Å²) in [7, 11) is 1.09. The molecule has 1 heterocycles. The molecule has 2 aromatic carbocycles. The van der Waals surface area contributed by atoms with E-state index in [4.69, 9.17) is 5.11 Å². The summed E-state index contributed by atoms with van der Waals surface area (Å²) in [5, 5.41) is 11.5. The first-order valence-electron chi connectivity index (χ1n) is 7.75. The van der Waals surface area contributed by atoms with Crippen LogP contribution in [0.15, 0.2) is 36.0 Å². The Bertz CT molecular complexity index is 977. The Labute approximate surface area is 155 Å². The van der Waals surface area contributed by atoms with E-state index in [2.05, 4.69) is 10.1 Å². The van der Waals surface area contributed by atoms with Crippen molar-refractivity contribution in [2.75, 3.05) is 12.4 Å². The van der Waals surface area contributed by atoms with Gasteiger partial charge in [0.05, 0.1) is 13.7 Å². The largest absolute Gasteiger partial charge is 0.503 e. The van der Waals surface area contributed by atoms with Crippen molar-refractivity contribution < 1.29 is 37.0 Å². The summed E-state index contributed by atoms with van der Waals surface area (Å²) in [4.78, 5) is 25.1. The first kappa shape index (κ1) is 19.2. The summed E-state index contributed by atoms with van der Waals surface area (Å²) in [6.07, 6.45) is 0.876. The third-order valence-electron chi connectivity index (χ3n) is 3.91. The molecule has 2 amide bonds. The number of nitrogens with one attached hydrogen (secondary N) is 1. The number of phenols is 1. The van der Waals surface area contributed by atoms with E-state index in [0.29, 0.717) is 4.90 Å². The van der Waals surface area contributed by atoms with E-state index < -0.39 is 53.1 Å². The van der Waals surface area contributed by atoms with Gasteiger partial charge in [-0.1, -0.05) is 0 Å². The summed E-state index contributed by atoms with van der Waals surface area (Å²) >= 11 is 0. The zero-order valence-electron chi connectivity index (χ0n) is 14.2. The Morgan fingerprint density at radius 2 is 1.57 bits per heavy atom. The van der Waals surface area contributed by atoms with Gasteiger partial charge in [0.1, 0.15) is 5.70 Å². The van der Waals surface area contributed by atoms with Crippen LogP contribution in [0.5, 0.6) is 11.5 Å². The number of anilines is 1. The van der Waals surface area contributed by atoms with Gasteiger partial charge < -0.3 is 15.2 Å². The zero-order chi connectivity index (χ0) is 20.6. The predicted octanol–water partition coefficient (Wildman–Crippen LogP) is 2.82. The first-order valence-corrected chi connectivity index (χ1v) is 7.75. The van der Waals surface area contributed by atoms with Gasteiger partial charge in [0.15, 0.2) is 34.8 Å². The average molecular weight is 396 g/mol. The molecule has 0 saturated heterocycles. The predicted molar refractivity (Wildman–Crippen MR) is 88.2 cm³/mol. The fourth-order valence-corrected chi connectivity index (χ4v) is 2.62. The lowest BCUT2D eigenvalue weighted by Gasteiger charge is -2.16. The second-order valence-electron chi connectivity index (χ2n) is 5.79. The number of halogens is 4. The highest BCUT2D eigenvalue weighted by molar-refractivity contribution is 6.17. The van der Waals surface area contributed by atoms with Crippen LogP contribution in [0, 0.1) is 23.3 Å². The monoisotopic (exact) mass is 396 g/mol. The molecule has 0 bridgehead atoms. The van der Waals surface area contributed by atoms with Gasteiger partial charge in [0.25, 0.3) is 11.8 Å². The number of rotatable bonds is 5. The normalized spacial score (nSPS) is 13.8. The fraction of sp³-hybridized carbons (Fsp3) is 0.111. The molecular formula is C18H12F4N2O4. The van der Waals surface area contributed by atoms with Crippen molar-refractivity contribution in [3.8, 4) is 11.5 Å². The second kappa shape index (κ2) is 7.22. The lowest BCUT2D eigenvalue weighted by molar-refractivity contribution is -0.137. The molecule has 10 heteroatoms. The maximum absolute atomic E-state index is 13.8. The molecule has 0 aromatic heterocycles. The van der Waals surface area contributed by atoms with Crippen LogP contribution in [-0.2, 0) is 16.1 Å². The van der Waals surface area contributed by atoms with E-state index in [1.54, 1.807) is 0 Å². The van der Waals surface area contributed by atoms with E-state index in [9.17, 15) is 27.2 Å². The lowest BCUT2D eigenvalue weighted by atomic mass is 10.2. The number of hydrogen-bond acceptors (Lipinski definition) is 5. The molecule has 1 aliphatic heterocycles. The second-order valence-corrected chi connectivity index (χ2v) is 5.79. The van der Waals surface area contributed by atoms with Crippen LogP contribution in [0.25, 0.3) is 0 Å². The summed E-state index contributed by atoms with van der Waals surface area (Å²) < 4.78 is 58.9. The Kier molecular flexibility index (Phi) is 4.95. The van der Waals surface area contributed by atoms with Crippen molar-refractivity contribution in [1.82, 2.24) is 4.90 Å². The standard InChI is InChI=1S/C18H12F4N2O4/c1-28-17-12(21)2-8(3-13(17)22)7-24-15(25)6-14(18(24)27)23-9-4-10(19)16(26)11(20)5-9/h2-6,23,26H,7H2,1H3. The van der Waals surface area contributed by atoms with Crippen LogP contribution in [0.3, 0.4) is 0 Å². The molecule has 0 atom stereocenters. The number of aromatic hydroxyl groups is 1. The van der Waals surface area contributed by atoms with Gasteiger partial charge in [-0.25, -0.2) is 17.6 Å². The summed E-state index contributed by atoms with van der Waals surface area (Å²) in [6, 6.07) is 3.29. The van der Waals surface area contributed by atoms with E-state index >= 15 is 0 Å². The SMILES string of the molecule is COc1c(F)cc(CN2C(=O)C=C(Nc3cc(F)c(O)c(F)c3)C2=O)cc1F. The molecule has 0 unspecified atom stereocenters. The highest BCUT2D eigenvalue weighted by atomic mass is 19.1. The molecular weight excluding hydrogens is 384 g/mol. The number of imide groups is 1. The zero-order valence-corrected chi connectivity index (χ0v) is 14.2. The maximum atomic E-state index is 13.8. The number of carbonyl (C=O) groups excluding carboxylic acids is 2. The number of methoxy groups -OCH3 is 1. The van der Waals surface area contributed by atoms with Crippen molar-refractivity contribution in [1.29, 1.82) is 0 Å². The number of carbonyl (C=O) groups is 2. The molecule has 0 radical (unpaired) electrons. The molecule has 3 rings (SSSR count). The van der Waals surface area contributed by atoms with Gasteiger partial charge >= 0.3 is 0 Å². The first-order chi connectivity index (χ1) is 13.2. The van der Waals surface area contributed by atoms with Crippen LogP contribution in [0.1, 0.15) is 5.56 Å². The smallest absolute Gasteiger partial charge is 0.277 e. The molecule has 0 spiro atoms. The molecule has 6 nitrogen and oxygen atoms in total. The quantitative estimate of drug-likeness (QED) is 0.462. The van der Waals surface area contributed by atoms with Crippen molar-refractivity contribution in [2.45, 2.75) is 6.54 Å². The Morgan fingerprint density at radius 3 is 2.11 bits per heavy atom. The maximum Gasteiger partial charge on any atom is 0.277 e. The summed E-state index contributed by atoms with van der Waals surface area (Å²) in [5.74, 6) is -7.96. The van der Waals surface area contributed by atoms with Crippen molar-refractivity contribution in [2.24, 2.45) is 0 Å². The van der Waals surface area contributed by atoms with Crippen LogP contribution in [-0.4, -0.2) is 28.9 Å². The van der Waals surface area contributed by atoms with Gasteiger partial charge in [-0.15, -0.1) is 0 Å². The van der Waals surface area contributed by atoms with E-state index in [0.717, 1.165) is 37.5 Å². The van der Waals surface area contributed by atoms with Gasteiger partial charge in [-0.05, 0) is 17.7 Å². The molecule has 2 aromatic rings. The summed E-state index contributed by atoms with van der Waals surface area (Å²) in [6.45, 7) is -0.435. The van der Waals surface area contributed by atoms with Crippen LogP contribution in [0.4, 0.5) is 23.2 Å². The third-order valence-corrected chi connectivity index (χ3v) is 3.91.